The molecule has 0 atom stereocenters. The molecular weight excluding hydrogens is 219 g/mol. The summed E-state index contributed by atoms with van der Waals surface area (Å²) >= 11 is 8.70. The zero-order chi connectivity index (χ0) is 9.98. The number of nitrogens with two attached hydrogens (primary N) is 2. The molecule has 0 heterocycles. The molecule has 0 rings (SSSR count). The first kappa shape index (κ1) is 19.0. The molecule has 0 saturated carbocycles. The van der Waals surface area contributed by atoms with Crippen LogP contribution < -0.4 is 41.0 Å². The molecular formula is C6H15N2NaO2S2. The van der Waals surface area contributed by atoms with Crippen molar-refractivity contribution in [3.63, 3.8) is 0 Å². The van der Waals surface area contributed by atoms with Crippen molar-refractivity contribution in [2.24, 2.45) is 11.5 Å². The summed E-state index contributed by atoms with van der Waals surface area (Å²) in [5, 5.41) is 0.245. The van der Waals surface area contributed by atoms with Crippen molar-refractivity contribution in [3.05, 3.63) is 0 Å². The summed E-state index contributed by atoms with van der Waals surface area (Å²) in [5.41, 5.74) is 9.82. The van der Waals surface area contributed by atoms with Gasteiger partial charge in [-0.25, -0.2) is 0 Å². The average Bonchev–Trinajstić information content (AvgIpc) is 1.87. The van der Waals surface area contributed by atoms with Crippen LogP contribution in [0.15, 0.2) is 0 Å². The van der Waals surface area contributed by atoms with Gasteiger partial charge in [-0.05, 0) is 38.3 Å². The number of hydrogen-bond acceptors (Lipinski definition) is 4. The Labute approximate surface area is 113 Å². The van der Waals surface area contributed by atoms with Gasteiger partial charge in [0.15, 0.2) is 0 Å². The average molecular weight is 234 g/mol. The van der Waals surface area contributed by atoms with E-state index in [1.807, 2.05) is 13.8 Å². The van der Waals surface area contributed by atoms with Crippen molar-refractivity contribution in [2.45, 2.75) is 13.8 Å². The van der Waals surface area contributed by atoms with Crippen molar-refractivity contribution in [1.29, 1.82) is 0 Å². The van der Waals surface area contributed by atoms with E-state index in [1.54, 1.807) is 0 Å². The molecule has 0 spiro atoms. The second kappa shape index (κ2) is 14.9. The summed E-state index contributed by atoms with van der Waals surface area (Å²) in [6.07, 6.45) is 0. The molecule has 0 radical (unpaired) electrons. The molecule has 0 aliphatic rings. The monoisotopic (exact) mass is 234 g/mol. The van der Waals surface area contributed by atoms with Gasteiger partial charge in [-0.15, -0.1) is 0 Å². The third-order valence-electron chi connectivity index (χ3n) is 0.573. The topological polar surface area (TPSA) is 70.5 Å². The minimum absolute atomic E-state index is 0. The SMILES string of the molecule is CCOC(N)=S.CCOC(N)=S.[H-].[Na+]. The van der Waals surface area contributed by atoms with Gasteiger partial charge in [-0.2, -0.15) is 0 Å². The first-order valence-electron chi connectivity index (χ1n) is 3.39. The predicted molar refractivity (Wildman–Crippen MR) is 57.9 cm³/mol. The van der Waals surface area contributed by atoms with Crippen LogP contribution >= 0.6 is 24.4 Å². The minimum atomic E-state index is 0. The van der Waals surface area contributed by atoms with Gasteiger partial charge >= 0.3 is 29.6 Å². The smallest absolute Gasteiger partial charge is 1.00 e. The van der Waals surface area contributed by atoms with Crippen molar-refractivity contribution in [2.75, 3.05) is 13.2 Å². The van der Waals surface area contributed by atoms with Crippen molar-refractivity contribution in [3.8, 4) is 0 Å². The fourth-order valence-corrected chi connectivity index (χ4v) is 0.520. The van der Waals surface area contributed by atoms with Crippen molar-refractivity contribution < 1.29 is 40.5 Å². The summed E-state index contributed by atoms with van der Waals surface area (Å²) in [5.74, 6) is 0. The molecule has 0 aromatic heterocycles. The van der Waals surface area contributed by atoms with Crippen LogP contribution in [0.2, 0.25) is 0 Å². The Morgan fingerprint density at radius 3 is 1.31 bits per heavy atom. The van der Waals surface area contributed by atoms with Crippen LogP contribution in [0.5, 0.6) is 0 Å². The summed E-state index contributed by atoms with van der Waals surface area (Å²) < 4.78 is 9.10. The molecule has 7 heteroatoms. The molecule has 0 unspecified atom stereocenters. The van der Waals surface area contributed by atoms with Gasteiger partial charge in [0.25, 0.3) is 10.3 Å². The first-order chi connectivity index (χ1) is 5.54. The van der Waals surface area contributed by atoms with Crippen LogP contribution in [0.25, 0.3) is 0 Å². The summed E-state index contributed by atoms with van der Waals surface area (Å²) in [6, 6.07) is 0. The van der Waals surface area contributed by atoms with Crippen LogP contribution in [0, 0.1) is 0 Å². The Morgan fingerprint density at radius 2 is 1.31 bits per heavy atom. The summed E-state index contributed by atoms with van der Waals surface area (Å²) in [6.45, 7) is 4.79. The molecule has 4 nitrogen and oxygen atoms in total. The van der Waals surface area contributed by atoms with Crippen LogP contribution in [-0.2, 0) is 9.47 Å². The largest absolute Gasteiger partial charge is 1.00 e. The van der Waals surface area contributed by atoms with Gasteiger partial charge in [0.1, 0.15) is 0 Å². The standard InChI is InChI=1S/2C3H7NOS.Na.H/c2*1-2-5-3(4)6;;/h2*2H2,1H3,(H2,4,6);;/q;;+1;-1. The van der Waals surface area contributed by atoms with E-state index in [-0.39, 0.29) is 41.3 Å². The van der Waals surface area contributed by atoms with E-state index in [0.29, 0.717) is 13.2 Å². The molecule has 0 saturated heterocycles. The number of rotatable bonds is 2. The van der Waals surface area contributed by atoms with Crippen LogP contribution in [0.4, 0.5) is 0 Å². The normalized spacial score (nSPS) is 6.92. The number of hydrogen-bond donors (Lipinski definition) is 2. The Bertz CT molecular complexity index is 136. The van der Waals surface area contributed by atoms with E-state index in [0.717, 1.165) is 0 Å². The van der Waals surface area contributed by atoms with E-state index < -0.39 is 0 Å². The number of thiocarbonyl (C=S) groups is 2. The van der Waals surface area contributed by atoms with Crippen LogP contribution in [0.3, 0.4) is 0 Å². The second-order valence-electron chi connectivity index (χ2n) is 1.50. The van der Waals surface area contributed by atoms with Crippen molar-refractivity contribution >= 4 is 34.8 Å². The van der Waals surface area contributed by atoms with Crippen LogP contribution in [0.1, 0.15) is 15.3 Å². The fourth-order valence-electron chi connectivity index (χ4n) is 0.285. The second-order valence-corrected chi connectivity index (χ2v) is 2.31. The first-order valence-corrected chi connectivity index (χ1v) is 4.20. The molecule has 4 N–H and O–H groups in total. The van der Waals surface area contributed by atoms with E-state index >= 15 is 0 Å². The summed E-state index contributed by atoms with van der Waals surface area (Å²) in [4.78, 5) is 0. The van der Waals surface area contributed by atoms with Gasteiger partial charge in [0, 0.05) is 0 Å². The maximum atomic E-state index is 4.91. The maximum absolute atomic E-state index is 4.91. The van der Waals surface area contributed by atoms with Gasteiger partial charge in [0.05, 0.1) is 13.2 Å². The maximum Gasteiger partial charge on any atom is 1.00 e. The molecule has 0 aromatic rings. The summed E-state index contributed by atoms with van der Waals surface area (Å²) in [7, 11) is 0. The Hall–Kier alpha value is 0.380. The zero-order valence-corrected chi connectivity index (χ0v) is 11.8. The van der Waals surface area contributed by atoms with E-state index in [1.165, 1.54) is 0 Å². The molecule has 0 bridgehead atoms. The van der Waals surface area contributed by atoms with Gasteiger partial charge in [-0.1, -0.05) is 0 Å². The predicted octanol–water partition coefficient (Wildman–Crippen LogP) is -2.35. The van der Waals surface area contributed by atoms with Gasteiger partial charge in [0.2, 0.25) is 0 Å². The molecule has 13 heavy (non-hydrogen) atoms. The quantitative estimate of drug-likeness (QED) is 0.412. The van der Waals surface area contributed by atoms with Crippen molar-refractivity contribution in [1.82, 2.24) is 0 Å². The van der Waals surface area contributed by atoms with E-state index in [2.05, 4.69) is 33.9 Å². The third-order valence-corrected chi connectivity index (χ3v) is 0.809. The van der Waals surface area contributed by atoms with E-state index in [9.17, 15) is 0 Å². The Morgan fingerprint density at radius 1 is 1.08 bits per heavy atom. The fraction of sp³-hybridized carbons (Fsp3) is 0.667. The molecule has 0 aliphatic heterocycles. The Balaban J connectivity index is -0.0000000625. The van der Waals surface area contributed by atoms with E-state index in [4.69, 9.17) is 11.5 Å². The molecule has 0 aromatic carbocycles. The molecule has 74 valence electrons. The third kappa shape index (κ3) is 32.8. The van der Waals surface area contributed by atoms with Gasteiger partial charge in [-0.3, -0.25) is 0 Å². The molecule has 0 fully saturated rings. The molecule has 0 amide bonds. The van der Waals surface area contributed by atoms with Gasteiger partial charge < -0.3 is 22.4 Å². The zero-order valence-electron chi connectivity index (χ0n) is 9.20. The molecule has 0 aliphatic carbocycles. The minimum Gasteiger partial charge on any atom is -1.00 e. The Kier molecular flexibility index (Phi) is 21.8. The number of ether oxygens (including phenoxy) is 2. The van der Waals surface area contributed by atoms with Crippen LogP contribution in [-0.4, -0.2) is 23.6 Å².